The number of carbonyl (C=O) groups excluding carboxylic acids is 2. The first-order valence-electron chi connectivity index (χ1n) is 4.32. The minimum atomic E-state index is -1.46. The Balaban J connectivity index is 2.65. The van der Waals surface area contributed by atoms with Gasteiger partial charge in [-0.2, -0.15) is 0 Å². The molecule has 5 nitrogen and oxygen atoms in total. The van der Waals surface area contributed by atoms with Crippen LogP contribution in [0, 0.1) is 0 Å². The zero-order valence-corrected chi connectivity index (χ0v) is 7.92. The fourth-order valence-electron chi connectivity index (χ4n) is 0.981. The molecular weight excluding hydrogens is 198 g/mol. The van der Waals surface area contributed by atoms with Crippen LogP contribution in [0.5, 0.6) is 0 Å². The average Bonchev–Trinajstić information content (AvgIpc) is 2.29. The summed E-state index contributed by atoms with van der Waals surface area (Å²) in [4.78, 5) is 21.8. The topological polar surface area (TPSA) is 89.6 Å². The smallest absolute Gasteiger partial charge is 0.347 e. The third-order valence-corrected chi connectivity index (χ3v) is 1.72. The average molecular weight is 209 g/mol. The van der Waals surface area contributed by atoms with Crippen molar-refractivity contribution in [3.63, 3.8) is 0 Å². The molecule has 1 atom stereocenters. The van der Waals surface area contributed by atoms with Gasteiger partial charge >= 0.3 is 11.9 Å². The number of esters is 2. The normalized spacial score (nSPS) is 11.9. The van der Waals surface area contributed by atoms with Gasteiger partial charge in [-0.3, -0.25) is 4.79 Å². The van der Waals surface area contributed by atoms with E-state index in [9.17, 15) is 14.7 Å². The molecule has 0 spiro atoms. The summed E-state index contributed by atoms with van der Waals surface area (Å²) in [5, 5.41) is 9.47. The van der Waals surface area contributed by atoms with E-state index >= 15 is 0 Å². The van der Waals surface area contributed by atoms with Gasteiger partial charge in [-0.1, -0.05) is 30.3 Å². The van der Waals surface area contributed by atoms with Crippen molar-refractivity contribution in [1.29, 1.82) is 0 Å². The SMILES string of the molecule is NCC(=O)OC(=O)[C@H](O)c1ccccc1. The maximum atomic E-state index is 11.2. The minimum absolute atomic E-state index is 0.368. The summed E-state index contributed by atoms with van der Waals surface area (Å²) in [7, 11) is 0. The summed E-state index contributed by atoms with van der Waals surface area (Å²) in [6, 6.07) is 8.18. The molecule has 0 radical (unpaired) electrons. The molecule has 0 aliphatic carbocycles. The molecule has 0 amide bonds. The molecule has 80 valence electrons. The van der Waals surface area contributed by atoms with Crippen molar-refractivity contribution in [2.75, 3.05) is 6.54 Å². The molecule has 0 bridgehead atoms. The Morgan fingerprint density at radius 2 is 1.93 bits per heavy atom. The van der Waals surface area contributed by atoms with E-state index in [1.54, 1.807) is 30.3 Å². The summed E-state index contributed by atoms with van der Waals surface area (Å²) in [6.07, 6.45) is -1.46. The van der Waals surface area contributed by atoms with Gasteiger partial charge in [0.05, 0.1) is 6.54 Å². The summed E-state index contributed by atoms with van der Waals surface area (Å²) < 4.78 is 4.26. The van der Waals surface area contributed by atoms with Crippen LogP contribution >= 0.6 is 0 Å². The number of aliphatic hydroxyl groups excluding tert-OH is 1. The molecular formula is C10H11NO4. The van der Waals surface area contributed by atoms with E-state index in [0.29, 0.717) is 5.56 Å². The second kappa shape index (κ2) is 5.23. The fraction of sp³-hybridized carbons (Fsp3) is 0.200. The second-order valence-electron chi connectivity index (χ2n) is 2.81. The van der Waals surface area contributed by atoms with Gasteiger partial charge in [0.15, 0.2) is 6.10 Å². The number of aliphatic hydroxyl groups is 1. The first-order valence-corrected chi connectivity index (χ1v) is 4.32. The van der Waals surface area contributed by atoms with Crippen LogP contribution in [0.2, 0.25) is 0 Å². The highest BCUT2D eigenvalue weighted by molar-refractivity contribution is 5.89. The van der Waals surface area contributed by atoms with Crippen LogP contribution in [0.25, 0.3) is 0 Å². The largest absolute Gasteiger partial charge is 0.390 e. The molecule has 1 rings (SSSR count). The van der Waals surface area contributed by atoms with Crippen LogP contribution in [0.15, 0.2) is 30.3 Å². The van der Waals surface area contributed by atoms with Crippen LogP contribution in [0.4, 0.5) is 0 Å². The molecule has 5 heteroatoms. The molecule has 0 aliphatic rings. The highest BCUT2D eigenvalue weighted by Gasteiger charge is 2.20. The van der Waals surface area contributed by atoms with E-state index in [2.05, 4.69) is 4.74 Å². The molecule has 1 aromatic rings. The molecule has 0 aliphatic heterocycles. The number of hydrogen-bond donors (Lipinski definition) is 2. The fourth-order valence-corrected chi connectivity index (χ4v) is 0.981. The van der Waals surface area contributed by atoms with Crippen molar-refractivity contribution in [3.8, 4) is 0 Å². The molecule has 1 aromatic carbocycles. The van der Waals surface area contributed by atoms with Gasteiger partial charge in [0.2, 0.25) is 0 Å². The monoisotopic (exact) mass is 209 g/mol. The molecule has 15 heavy (non-hydrogen) atoms. The van der Waals surface area contributed by atoms with Crippen LogP contribution in [-0.2, 0) is 14.3 Å². The molecule has 0 unspecified atom stereocenters. The molecule has 0 fully saturated rings. The number of carbonyl (C=O) groups is 2. The van der Waals surface area contributed by atoms with Crippen molar-refractivity contribution in [3.05, 3.63) is 35.9 Å². The molecule has 0 saturated carbocycles. The zero-order valence-electron chi connectivity index (χ0n) is 7.92. The van der Waals surface area contributed by atoms with Gasteiger partial charge < -0.3 is 15.6 Å². The van der Waals surface area contributed by atoms with Crippen LogP contribution in [0.1, 0.15) is 11.7 Å². The first kappa shape index (κ1) is 11.4. The lowest BCUT2D eigenvalue weighted by Crippen LogP contribution is -2.24. The van der Waals surface area contributed by atoms with Crippen molar-refractivity contribution in [2.24, 2.45) is 5.73 Å². The first-order chi connectivity index (χ1) is 7.15. The van der Waals surface area contributed by atoms with E-state index in [1.807, 2.05) is 0 Å². The highest BCUT2D eigenvalue weighted by Crippen LogP contribution is 2.13. The predicted octanol–water partition coefficient (Wildman–Crippen LogP) is -0.252. The summed E-state index contributed by atoms with van der Waals surface area (Å²) in [5.74, 6) is -1.88. The Labute approximate surface area is 86.5 Å². The van der Waals surface area contributed by atoms with Gasteiger partial charge in [-0.05, 0) is 5.56 Å². The highest BCUT2D eigenvalue weighted by atomic mass is 16.6. The van der Waals surface area contributed by atoms with Crippen molar-refractivity contribution in [1.82, 2.24) is 0 Å². The van der Waals surface area contributed by atoms with E-state index in [1.165, 1.54) is 0 Å². The molecule has 0 aromatic heterocycles. The van der Waals surface area contributed by atoms with Gasteiger partial charge in [-0.15, -0.1) is 0 Å². The van der Waals surface area contributed by atoms with Crippen LogP contribution in [0.3, 0.4) is 0 Å². The summed E-state index contributed by atoms with van der Waals surface area (Å²) in [5.41, 5.74) is 5.32. The lowest BCUT2D eigenvalue weighted by Gasteiger charge is -2.08. The Morgan fingerprint density at radius 1 is 1.33 bits per heavy atom. The molecule has 0 heterocycles. The van der Waals surface area contributed by atoms with Gasteiger partial charge in [-0.25, -0.2) is 4.79 Å². The van der Waals surface area contributed by atoms with Gasteiger partial charge in [0, 0.05) is 0 Å². The number of ether oxygens (including phenoxy) is 1. The zero-order chi connectivity index (χ0) is 11.3. The summed E-state index contributed by atoms with van der Waals surface area (Å²) in [6.45, 7) is -0.396. The van der Waals surface area contributed by atoms with Crippen LogP contribution < -0.4 is 5.73 Å². The molecule has 3 N–H and O–H groups in total. The Morgan fingerprint density at radius 3 is 2.47 bits per heavy atom. The standard InChI is InChI=1S/C10H11NO4/c11-6-8(12)15-10(14)9(13)7-4-2-1-3-5-7/h1-5,9,13H,6,11H2/t9-/m1/s1. The Kier molecular flexibility index (Phi) is 3.96. The second-order valence-corrected chi connectivity index (χ2v) is 2.81. The van der Waals surface area contributed by atoms with E-state index < -0.39 is 24.6 Å². The number of benzene rings is 1. The summed E-state index contributed by atoms with van der Waals surface area (Å²) >= 11 is 0. The Hall–Kier alpha value is -1.72. The maximum absolute atomic E-state index is 11.2. The van der Waals surface area contributed by atoms with Crippen molar-refractivity contribution < 1.29 is 19.4 Å². The van der Waals surface area contributed by atoms with E-state index in [4.69, 9.17) is 5.73 Å². The number of hydrogen-bond acceptors (Lipinski definition) is 5. The predicted molar refractivity (Wildman–Crippen MR) is 51.6 cm³/mol. The molecule has 0 saturated heterocycles. The van der Waals surface area contributed by atoms with Crippen molar-refractivity contribution in [2.45, 2.75) is 6.10 Å². The maximum Gasteiger partial charge on any atom is 0.347 e. The van der Waals surface area contributed by atoms with E-state index in [0.717, 1.165) is 0 Å². The lowest BCUT2D eigenvalue weighted by atomic mass is 10.1. The van der Waals surface area contributed by atoms with Crippen molar-refractivity contribution >= 4 is 11.9 Å². The van der Waals surface area contributed by atoms with Crippen LogP contribution in [-0.4, -0.2) is 23.6 Å². The lowest BCUT2D eigenvalue weighted by molar-refractivity contribution is -0.165. The van der Waals surface area contributed by atoms with E-state index in [-0.39, 0.29) is 0 Å². The quantitative estimate of drug-likeness (QED) is 0.529. The minimum Gasteiger partial charge on any atom is -0.390 e. The van der Waals surface area contributed by atoms with Gasteiger partial charge in [0.1, 0.15) is 0 Å². The number of nitrogens with two attached hydrogens (primary N) is 1. The third-order valence-electron chi connectivity index (χ3n) is 1.72. The third kappa shape index (κ3) is 3.16. The Bertz CT molecular complexity index is 350. The number of rotatable bonds is 3. The van der Waals surface area contributed by atoms with Gasteiger partial charge in [0.25, 0.3) is 0 Å².